The number of H-pyrrole nitrogens is 1. The zero-order chi connectivity index (χ0) is 17.3. The summed E-state index contributed by atoms with van der Waals surface area (Å²) in [5.74, 6) is 0.583. The standard InChI is InChI=1S/C18H25N3O2/c1-7-8-12(21(5)6)9-13-11(4)14-15(17(23)16(13)22)20-18(19-14)10(2)3/h8-10,22-23H,4,7H2,1-3,5-6H3,(H,19,20)/b12-8?,13-9+. The molecule has 0 aliphatic heterocycles. The summed E-state index contributed by atoms with van der Waals surface area (Å²) in [6, 6.07) is 0. The molecule has 0 aliphatic rings. The van der Waals surface area contributed by atoms with Crippen LogP contribution in [-0.4, -0.2) is 39.2 Å². The van der Waals surface area contributed by atoms with E-state index in [0.717, 1.165) is 17.9 Å². The van der Waals surface area contributed by atoms with E-state index in [4.69, 9.17) is 0 Å². The van der Waals surface area contributed by atoms with Crippen LogP contribution in [0.3, 0.4) is 0 Å². The van der Waals surface area contributed by atoms with Gasteiger partial charge in [0.05, 0.1) is 5.52 Å². The van der Waals surface area contributed by atoms with E-state index in [9.17, 15) is 10.2 Å². The molecule has 2 rings (SSSR count). The topological polar surface area (TPSA) is 72.4 Å². The summed E-state index contributed by atoms with van der Waals surface area (Å²) in [5.41, 5.74) is 1.95. The number of aromatic nitrogens is 2. The number of phenolic OH excluding ortho intramolecular Hbond substituents is 2. The minimum atomic E-state index is -0.187. The number of fused-ring (bicyclic) bond motifs is 1. The number of aromatic amines is 1. The Morgan fingerprint density at radius 3 is 2.48 bits per heavy atom. The highest BCUT2D eigenvalue weighted by molar-refractivity contribution is 5.85. The number of nitrogens with one attached hydrogen (secondary N) is 1. The lowest BCUT2D eigenvalue weighted by Crippen LogP contribution is -2.26. The molecule has 5 nitrogen and oxygen atoms in total. The molecular weight excluding hydrogens is 290 g/mol. The van der Waals surface area contributed by atoms with E-state index in [1.807, 2.05) is 51.9 Å². The summed E-state index contributed by atoms with van der Waals surface area (Å²) < 4.78 is 0. The van der Waals surface area contributed by atoms with Crippen LogP contribution in [0.1, 0.15) is 38.9 Å². The average Bonchev–Trinajstić information content (AvgIpc) is 2.93. The third kappa shape index (κ3) is 3.04. The van der Waals surface area contributed by atoms with E-state index in [0.29, 0.717) is 21.5 Å². The van der Waals surface area contributed by atoms with Crippen molar-refractivity contribution in [2.75, 3.05) is 14.1 Å². The van der Waals surface area contributed by atoms with Crippen LogP contribution in [-0.2, 0) is 0 Å². The van der Waals surface area contributed by atoms with Crippen LogP contribution in [0.5, 0.6) is 11.5 Å². The fourth-order valence-corrected chi connectivity index (χ4v) is 2.45. The van der Waals surface area contributed by atoms with Crippen molar-refractivity contribution in [2.45, 2.75) is 33.1 Å². The largest absolute Gasteiger partial charge is 0.504 e. The first-order chi connectivity index (χ1) is 10.8. The molecule has 2 aromatic rings. The number of nitrogens with zero attached hydrogens (tertiary/aromatic N) is 2. The number of imidazole rings is 1. The maximum Gasteiger partial charge on any atom is 0.184 e. The monoisotopic (exact) mass is 315 g/mol. The van der Waals surface area contributed by atoms with Gasteiger partial charge in [-0.1, -0.05) is 33.4 Å². The summed E-state index contributed by atoms with van der Waals surface area (Å²) in [4.78, 5) is 9.56. The fraction of sp³-hybridized carbons (Fsp3) is 0.389. The van der Waals surface area contributed by atoms with Crippen LogP contribution in [0.2, 0.25) is 0 Å². The lowest BCUT2D eigenvalue weighted by molar-refractivity contribution is 0.404. The van der Waals surface area contributed by atoms with E-state index in [2.05, 4.69) is 16.5 Å². The summed E-state index contributed by atoms with van der Waals surface area (Å²) in [6.45, 7) is 10.1. The quantitative estimate of drug-likeness (QED) is 0.756. The van der Waals surface area contributed by atoms with Crippen LogP contribution >= 0.6 is 0 Å². The molecule has 0 unspecified atom stereocenters. The molecule has 0 saturated heterocycles. The Kier molecular flexibility index (Phi) is 4.68. The summed E-state index contributed by atoms with van der Waals surface area (Å²) in [7, 11) is 3.86. The van der Waals surface area contributed by atoms with Gasteiger partial charge >= 0.3 is 0 Å². The van der Waals surface area contributed by atoms with Crippen molar-refractivity contribution in [1.29, 1.82) is 0 Å². The second-order valence-electron chi connectivity index (χ2n) is 6.17. The molecule has 0 radical (unpaired) electrons. The molecule has 124 valence electrons. The molecule has 0 aliphatic carbocycles. The number of hydrogen-bond donors (Lipinski definition) is 3. The number of benzene rings is 1. The Bertz CT molecular complexity index is 861. The first kappa shape index (κ1) is 16.9. The van der Waals surface area contributed by atoms with Gasteiger partial charge in [0, 0.05) is 36.1 Å². The maximum absolute atomic E-state index is 10.4. The normalized spacial score (nSPS) is 13.3. The number of hydrogen-bond acceptors (Lipinski definition) is 4. The van der Waals surface area contributed by atoms with Gasteiger partial charge in [0.25, 0.3) is 0 Å². The van der Waals surface area contributed by atoms with Gasteiger partial charge in [0.1, 0.15) is 11.3 Å². The van der Waals surface area contributed by atoms with Crippen molar-refractivity contribution in [1.82, 2.24) is 14.9 Å². The highest BCUT2D eigenvalue weighted by Crippen LogP contribution is 2.28. The van der Waals surface area contributed by atoms with Gasteiger partial charge in [-0.3, -0.25) is 0 Å². The Labute approximate surface area is 136 Å². The molecule has 0 spiro atoms. The predicted molar refractivity (Wildman–Crippen MR) is 94.8 cm³/mol. The summed E-state index contributed by atoms with van der Waals surface area (Å²) in [6.07, 6.45) is 4.74. The first-order valence-corrected chi connectivity index (χ1v) is 7.79. The lowest BCUT2D eigenvalue weighted by Gasteiger charge is -2.14. The second kappa shape index (κ2) is 6.36. The highest BCUT2D eigenvalue weighted by Gasteiger charge is 2.16. The van der Waals surface area contributed by atoms with Crippen molar-refractivity contribution in [3.63, 3.8) is 0 Å². The van der Waals surface area contributed by atoms with Crippen LogP contribution in [0.15, 0.2) is 11.8 Å². The van der Waals surface area contributed by atoms with E-state index in [1.165, 1.54) is 0 Å². The van der Waals surface area contributed by atoms with Gasteiger partial charge in [-0.25, -0.2) is 4.98 Å². The third-order valence-corrected chi connectivity index (χ3v) is 3.82. The number of aromatic hydroxyl groups is 2. The maximum atomic E-state index is 10.4. The molecule has 3 N–H and O–H groups in total. The predicted octanol–water partition coefficient (Wildman–Crippen LogP) is 2.14. The van der Waals surface area contributed by atoms with Crippen LogP contribution in [0.25, 0.3) is 23.7 Å². The van der Waals surface area contributed by atoms with E-state index in [-0.39, 0.29) is 17.4 Å². The van der Waals surface area contributed by atoms with E-state index < -0.39 is 0 Å². The van der Waals surface area contributed by atoms with Crippen molar-refractivity contribution in [3.05, 3.63) is 28.0 Å². The Morgan fingerprint density at radius 1 is 1.30 bits per heavy atom. The van der Waals surface area contributed by atoms with Gasteiger partial charge in [-0.15, -0.1) is 0 Å². The van der Waals surface area contributed by atoms with Gasteiger partial charge in [-0.05, 0) is 12.5 Å². The Balaban J connectivity index is 2.85. The molecule has 0 bridgehead atoms. The molecule has 1 heterocycles. The van der Waals surface area contributed by atoms with Crippen molar-refractivity contribution >= 4 is 23.7 Å². The van der Waals surface area contributed by atoms with Crippen molar-refractivity contribution < 1.29 is 10.2 Å². The Hall–Kier alpha value is -2.43. The third-order valence-electron chi connectivity index (χ3n) is 3.82. The molecule has 1 aromatic carbocycles. The van der Waals surface area contributed by atoms with Crippen molar-refractivity contribution in [2.24, 2.45) is 0 Å². The SMILES string of the molecule is C=c1/c(=C\C(=CCC)N(C)C)c(O)c(O)c2[nH]c(C(C)C)nc12. The van der Waals surface area contributed by atoms with Crippen LogP contribution < -0.4 is 10.4 Å². The van der Waals surface area contributed by atoms with E-state index in [1.54, 1.807) is 0 Å². The fourth-order valence-electron chi connectivity index (χ4n) is 2.45. The molecule has 5 heteroatoms. The van der Waals surface area contributed by atoms with Gasteiger partial charge < -0.3 is 20.1 Å². The summed E-state index contributed by atoms with van der Waals surface area (Å²) in [5, 5.41) is 21.8. The summed E-state index contributed by atoms with van der Waals surface area (Å²) >= 11 is 0. The lowest BCUT2D eigenvalue weighted by atomic mass is 10.1. The Morgan fingerprint density at radius 2 is 1.96 bits per heavy atom. The smallest absolute Gasteiger partial charge is 0.184 e. The zero-order valence-electron chi connectivity index (χ0n) is 14.4. The molecular formula is C18H25N3O2. The molecule has 0 amide bonds. The van der Waals surface area contributed by atoms with E-state index >= 15 is 0 Å². The number of rotatable bonds is 4. The van der Waals surface area contributed by atoms with Crippen LogP contribution in [0.4, 0.5) is 0 Å². The molecule has 0 saturated carbocycles. The zero-order valence-corrected chi connectivity index (χ0v) is 14.4. The number of phenols is 2. The first-order valence-electron chi connectivity index (χ1n) is 7.79. The minimum Gasteiger partial charge on any atom is -0.504 e. The number of allylic oxidation sites excluding steroid dienone is 2. The highest BCUT2D eigenvalue weighted by atomic mass is 16.3. The second-order valence-corrected chi connectivity index (χ2v) is 6.17. The minimum absolute atomic E-state index is 0.176. The van der Waals surface area contributed by atoms with Gasteiger partial charge in [0.15, 0.2) is 11.5 Å². The van der Waals surface area contributed by atoms with Crippen molar-refractivity contribution in [3.8, 4) is 11.5 Å². The molecule has 0 fully saturated rings. The molecule has 1 aromatic heterocycles. The average molecular weight is 315 g/mol. The van der Waals surface area contributed by atoms with Gasteiger partial charge in [0.2, 0.25) is 0 Å². The van der Waals surface area contributed by atoms with Gasteiger partial charge in [-0.2, -0.15) is 0 Å². The van der Waals surface area contributed by atoms with Crippen LogP contribution in [0, 0.1) is 0 Å². The molecule has 0 atom stereocenters. The molecule has 23 heavy (non-hydrogen) atoms.